The molecule has 17 heavy (non-hydrogen) atoms. The van der Waals surface area contributed by atoms with Crippen molar-refractivity contribution in [2.45, 2.75) is 18.8 Å². The first-order valence-corrected chi connectivity index (χ1v) is 5.66. The van der Waals surface area contributed by atoms with E-state index in [-0.39, 0.29) is 11.5 Å². The third-order valence-corrected chi connectivity index (χ3v) is 3.31. The van der Waals surface area contributed by atoms with Gasteiger partial charge in [-0.3, -0.25) is 9.78 Å². The molecule has 1 aromatic carbocycles. The highest BCUT2D eigenvalue weighted by molar-refractivity contribution is 5.36. The first-order valence-electron chi connectivity index (χ1n) is 5.66. The zero-order chi connectivity index (χ0) is 11.8. The average Bonchev–Trinajstić information content (AvgIpc) is 2.74. The molecular weight excluding hydrogens is 216 g/mol. The quantitative estimate of drug-likeness (QED) is 0.768. The molecule has 0 saturated carbocycles. The maximum absolute atomic E-state index is 11.6. The van der Waals surface area contributed by atoms with Crippen LogP contribution in [-0.2, 0) is 6.42 Å². The SMILES string of the molecule is O=c1[nH]c2c(c(=O)[nH]1)CCC2c1ccccc1. The number of hydrogen-bond acceptors (Lipinski definition) is 2. The second-order valence-corrected chi connectivity index (χ2v) is 4.30. The Morgan fingerprint density at radius 2 is 1.82 bits per heavy atom. The Morgan fingerprint density at radius 3 is 2.59 bits per heavy atom. The molecule has 0 amide bonds. The first kappa shape index (κ1) is 10.1. The van der Waals surface area contributed by atoms with Gasteiger partial charge < -0.3 is 4.98 Å². The first-order chi connectivity index (χ1) is 8.25. The minimum absolute atomic E-state index is 0.140. The molecule has 0 radical (unpaired) electrons. The third-order valence-electron chi connectivity index (χ3n) is 3.31. The van der Waals surface area contributed by atoms with E-state index in [4.69, 9.17) is 0 Å². The largest absolute Gasteiger partial charge is 0.325 e. The monoisotopic (exact) mass is 228 g/mol. The van der Waals surface area contributed by atoms with Gasteiger partial charge in [-0.2, -0.15) is 0 Å². The lowest BCUT2D eigenvalue weighted by atomic mass is 9.97. The second-order valence-electron chi connectivity index (χ2n) is 4.30. The normalized spacial score (nSPS) is 18.0. The summed E-state index contributed by atoms with van der Waals surface area (Å²) < 4.78 is 0. The van der Waals surface area contributed by atoms with E-state index in [9.17, 15) is 9.59 Å². The fourth-order valence-corrected chi connectivity index (χ4v) is 2.53. The van der Waals surface area contributed by atoms with Gasteiger partial charge in [0.25, 0.3) is 5.56 Å². The molecule has 1 heterocycles. The highest BCUT2D eigenvalue weighted by atomic mass is 16.2. The Kier molecular flexibility index (Phi) is 2.21. The van der Waals surface area contributed by atoms with Crippen LogP contribution >= 0.6 is 0 Å². The fraction of sp³-hybridized carbons (Fsp3) is 0.231. The molecule has 1 aromatic heterocycles. The van der Waals surface area contributed by atoms with Crippen molar-refractivity contribution in [1.29, 1.82) is 0 Å². The number of fused-ring (bicyclic) bond motifs is 1. The van der Waals surface area contributed by atoms with Crippen molar-refractivity contribution < 1.29 is 0 Å². The number of aromatic amines is 2. The molecule has 0 saturated heterocycles. The Balaban J connectivity index is 2.17. The van der Waals surface area contributed by atoms with Crippen LogP contribution in [0, 0.1) is 0 Å². The molecule has 0 bridgehead atoms. The summed E-state index contributed by atoms with van der Waals surface area (Å²) in [5.74, 6) is 0.140. The van der Waals surface area contributed by atoms with Crippen LogP contribution in [0.5, 0.6) is 0 Å². The minimum atomic E-state index is -0.420. The zero-order valence-electron chi connectivity index (χ0n) is 9.19. The molecule has 2 N–H and O–H groups in total. The molecule has 4 heteroatoms. The summed E-state index contributed by atoms with van der Waals surface area (Å²) in [6.07, 6.45) is 1.60. The van der Waals surface area contributed by atoms with E-state index < -0.39 is 5.69 Å². The van der Waals surface area contributed by atoms with Crippen LogP contribution in [-0.4, -0.2) is 9.97 Å². The molecule has 1 unspecified atom stereocenters. The van der Waals surface area contributed by atoms with Crippen molar-refractivity contribution in [1.82, 2.24) is 9.97 Å². The summed E-state index contributed by atoms with van der Waals surface area (Å²) in [5, 5.41) is 0. The number of H-pyrrole nitrogens is 2. The summed E-state index contributed by atoms with van der Waals surface area (Å²) in [5.41, 5.74) is 1.98. The van der Waals surface area contributed by atoms with Crippen LogP contribution in [0.4, 0.5) is 0 Å². The van der Waals surface area contributed by atoms with Gasteiger partial charge in [-0.05, 0) is 18.4 Å². The number of hydrogen-bond donors (Lipinski definition) is 2. The van der Waals surface area contributed by atoms with Crippen molar-refractivity contribution >= 4 is 0 Å². The molecule has 1 aliphatic carbocycles. The highest BCUT2D eigenvalue weighted by Crippen LogP contribution is 2.34. The minimum Gasteiger partial charge on any atom is -0.310 e. The molecule has 86 valence electrons. The summed E-state index contributed by atoms with van der Waals surface area (Å²) in [7, 11) is 0. The summed E-state index contributed by atoms with van der Waals surface area (Å²) in [4.78, 5) is 28.0. The smallest absolute Gasteiger partial charge is 0.310 e. The standard InChI is InChI=1S/C13H12N2O2/c16-12-10-7-6-9(8-4-2-1-3-5-8)11(10)14-13(17)15-12/h1-5,9H,6-7H2,(H2,14,15,16,17). The Bertz CT molecular complexity index is 655. The lowest BCUT2D eigenvalue weighted by Crippen LogP contribution is -2.26. The van der Waals surface area contributed by atoms with Gasteiger partial charge in [0, 0.05) is 17.2 Å². The number of benzene rings is 1. The van der Waals surface area contributed by atoms with E-state index in [1.807, 2.05) is 30.3 Å². The van der Waals surface area contributed by atoms with E-state index in [1.165, 1.54) is 0 Å². The molecular formula is C13H12N2O2. The van der Waals surface area contributed by atoms with Gasteiger partial charge in [0.05, 0.1) is 0 Å². The van der Waals surface area contributed by atoms with Gasteiger partial charge in [-0.1, -0.05) is 30.3 Å². The maximum atomic E-state index is 11.6. The molecule has 0 fully saturated rings. The van der Waals surface area contributed by atoms with Crippen LogP contribution in [0.1, 0.15) is 29.2 Å². The molecule has 4 nitrogen and oxygen atoms in total. The summed E-state index contributed by atoms with van der Waals surface area (Å²) >= 11 is 0. The van der Waals surface area contributed by atoms with E-state index in [1.54, 1.807) is 0 Å². The zero-order valence-corrected chi connectivity index (χ0v) is 9.19. The van der Waals surface area contributed by atoms with Gasteiger partial charge in [0.2, 0.25) is 0 Å². The van der Waals surface area contributed by atoms with Crippen molar-refractivity contribution in [3.05, 3.63) is 68.0 Å². The van der Waals surface area contributed by atoms with Crippen LogP contribution in [0.3, 0.4) is 0 Å². The number of rotatable bonds is 1. The van der Waals surface area contributed by atoms with Crippen LogP contribution in [0.15, 0.2) is 39.9 Å². The topological polar surface area (TPSA) is 65.7 Å². The van der Waals surface area contributed by atoms with Crippen molar-refractivity contribution in [3.8, 4) is 0 Å². The van der Waals surface area contributed by atoms with E-state index in [2.05, 4.69) is 9.97 Å². The average molecular weight is 228 g/mol. The lowest BCUT2D eigenvalue weighted by molar-refractivity contribution is 0.768. The van der Waals surface area contributed by atoms with E-state index >= 15 is 0 Å². The van der Waals surface area contributed by atoms with Gasteiger partial charge in [0.15, 0.2) is 0 Å². The van der Waals surface area contributed by atoms with Crippen LogP contribution in [0.2, 0.25) is 0 Å². The van der Waals surface area contributed by atoms with E-state index in [0.717, 1.165) is 29.7 Å². The molecule has 1 atom stereocenters. The predicted molar refractivity (Wildman–Crippen MR) is 64.3 cm³/mol. The molecule has 0 aliphatic heterocycles. The molecule has 0 spiro atoms. The van der Waals surface area contributed by atoms with Crippen molar-refractivity contribution in [2.75, 3.05) is 0 Å². The predicted octanol–water partition coefficient (Wildman–Crippen LogP) is 1.14. The number of aromatic nitrogens is 2. The number of nitrogens with one attached hydrogen (secondary N) is 2. The molecule has 1 aliphatic rings. The van der Waals surface area contributed by atoms with Gasteiger partial charge in [0.1, 0.15) is 0 Å². The van der Waals surface area contributed by atoms with Crippen molar-refractivity contribution in [2.24, 2.45) is 0 Å². The van der Waals surface area contributed by atoms with Crippen LogP contribution < -0.4 is 11.2 Å². The molecule has 2 aromatic rings. The van der Waals surface area contributed by atoms with E-state index in [0.29, 0.717) is 0 Å². The van der Waals surface area contributed by atoms with Crippen LogP contribution in [0.25, 0.3) is 0 Å². The maximum Gasteiger partial charge on any atom is 0.325 e. The lowest BCUT2D eigenvalue weighted by Gasteiger charge is -2.10. The second kappa shape index (κ2) is 3.73. The molecule has 3 rings (SSSR count). The Labute approximate surface area is 97.3 Å². The third kappa shape index (κ3) is 1.62. The Morgan fingerprint density at radius 1 is 1.06 bits per heavy atom. The summed E-state index contributed by atoms with van der Waals surface area (Å²) in [6, 6.07) is 9.95. The Hall–Kier alpha value is -2.10. The van der Waals surface area contributed by atoms with Crippen molar-refractivity contribution in [3.63, 3.8) is 0 Å². The fourth-order valence-electron chi connectivity index (χ4n) is 2.53. The summed E-state index contributed by atoms with van der Waals surface area (Å²) in [6.45, 7) is 0. The van der Waals surface area contributed by atoms with Gasteiger partial charge >= 0.3 is 5.69 Å². The highest BCUT2D eigenvalue weighted by Gasteiger charge is 2.27. The van der Waals surface area contributed by atoms with Gasteiger partial charge in [-0.25, -0.2) is 4.79 Å². The van der Waals surface area contributed by atoms with Gasteiger partial charge in [-0.15, -0.1) is 0 Å².